The van der Waals surface area contributed by atoms with Crippen LogP contribution in [0.2, 0.25) is 0 Å². The molecule has 0 saturated heterocycles. The second-order valence-electron chi connectivity index (χ2n) is 4.42. The lowest BCUT2D eigenvalue weighted by Gasteiger charge is -2.15. The molecule has 0 aliphatic rings. The standard InChI is InChI=1S/C15H22BrNO3.ClH/c1-4-6-20-15-13(16)7-12(8-14(15)19-5-2)10-17-9-11(3)18;/h4,7-8,11,17-18H,1,5-6,9-10H2,2-3H3;1H. The van der Waals surface area contributed by atoms with Gasteiger partial charge >= 0.3 is 0 Å². The van der Waals surface area contributed by atoms with Crippen molar-refractivity contribution in [2.75, 3.05) is 19.8 Å². The Bertz CT molecular complexity index is 441. The van der Waals surface area contributed by atoms with E-state index < -0.39 is 0 Å². The zero-order valence-corrected chi connectivity index (χ0v) is 14.8. The third-order valence-electron chi connectivity index (χ3n) is 2.48. The second-order valence-corrected chi connectivity index (χ2v) is 5.27. The molecule has 1 rings (SSSR count). The van der Waals surface area contributed by atoms with Gasteiger partial charge in [0.25, 0.3) is 0 Å². The number of ether oxygens (including phenoxy) is 2. The zero-order valence-electron chi connectivity index (χ0n) is 12.4. The Morgan fingerprint density at radius 3 is 2.71 bits per heavy atom. The molecule has 0 bridgehead atoms. The molecule has 0 aliphatic carbocycles. The highest BCUT2D eigenvalue weighted by atomic mass is 79.9. The van der Waals surface area contributed by atoms with Gasteiger partial charge in [0.05, 0.1) is 17.2 Å². The second kappa shape index (κ2) is 10.9. The van der Waals surface area contributed by atoms with Gasteiger partial charge in [0.1, 0.15) is 6.61 Å². The highest BCUT2D eigenvalue weighted by Gasteiger charge is 2.12. The number of benzene rings is 1. The fourth-order valence-electron chi connectivity index (χ4n) is 1.69. The Balaban J connectivity index is 0.00000400. The highest BCUT2D eigenvalue weighted by Crippen LogP contribution is 2.37. The number of halogens is 2. The molecule has 1 aromatic rings. The molecule has 0 spiro atoms. The van der Waals surface area contributed by atoms with Crippen LogP contribution in [0, 0.1) is 0 Å². The first kappa shape index (κ1) is 20.2. The van der Waals surface area contributed by atoms with Crippen LogP contribution >= 0.6 is 28.3 Å². The molecule has 4 nitrogen and oxygen atoms in total. The van der Waals surface area contributed by atoms with Gasteiger partial charge in [-0.15, -0.1) is 12.4 Å². The van der Waals surface area contributed by atoms with Crippen LogP contribution < -0.4 is 14.8 Å². The molecule has 21 heavy (non-hydrogen) atoms. The number of aliphatic hydroxyl groups excluding tert-OH is 1. The van der Waals surface area contributed by atoms with Crippen LogP contribution in [0.4, 0.5) is 0 Å². The molecule has 0 aliphatic heterocycles. The largest absolute Gasteiger partial charge is 0.490 e. The lowest BCUT2D eigenvalue weighted by molar-refractivity contribution is 0.191. The van der Waals surface area contributed by atoms with Crippen molar-refractivity contribution in [3.05, 3.63) is 34.8 Å². The number of aliphatic hydroxyl groups is 1. The summed E-state index contributed by atoms with van der Waals surface area (Å²) >= 11 is 3.50. The van der Waals surface area contributed by atoms with Crippen molar-refractivity contribution < 1.29 is 14.6 Å². The van der Waals surface area contributed by atoms with Crippen LogP contribution in [0.15, 0.2) is 29.3 Å². The van der Waals surface area contributed by atoms with Crippen molar-refractivity contribution in [1.29, 1.82) is 0 Å². The molecule has 0 radical (unpaired) electrons. The summed E-state index contributed by atoms with van der Waals surface area (Å²) in [7, 11) is 0. The Morgan fingerprint density at radius 1 is 1.43 bits per heavy atom. The van der Waals surface area contributed by atoms with Crippen molar-refractivity contribution in [1.82, 2.24) is 5.32 Å². The van der Waals surface area contributed by atoms with E-state index in [4.69, 9.17) is 9.47 Å². The first-order chi connectivity index (χ1) is 9.58. The van der Waals surface area contributed by atoms with Crippen LogP contribution in [0.25, 0.3) is 0 Å². The van der Waals surface area contributed by atoms with Crippen molar-refractivity contribution in [2.24, 2.45) is 0 Å². The summed E-state index contributed by atoms with van der Waals surface area (Å²) in [5, 5.41) is 12.4. The van der Waals surface area contributed by atoms with E-state index in [1.54, 1.807) is 13.0 Å². The lowest BCUT2D eigenvalue weighted by Crippen LogP contribution is -2.23. The van der Waals surface area contributed by atoms with E-state index in [2.05, 4.69) is 27.8 Å². The Labute approximate surface area is 141 Å². The summed E-state index contributed by atoms with van der Waals surface area (Å²) in [6, 6.07) is 3.93. The van der Waals surface area contributed by atoms with Gasteiger partial charge in [-0.3, -0.25) is 0 Å². The van der Waals surface area contributed by atoms with Crippen LogP contribution in [-0.4, -0.2) is 31.0 Å². The summed E-state index contributed by atoms with van der Waals surface area (Å²) in [5.74, 6) is 1.39. The quantitative estimate of drug-likeness (QED) is 0.645. The van der Waals surface area contributed by atoms with Crippen molar-refractivity contribution in [3.63, 3.8) is 0 Å². The topological polar surface area (TPSA) is 50.7 Å². The van der Waals surface area contributed by atoms with Gasteiger partial charge in [-0.05, 0) is 47.5 Å². The summed E-state index contributed by atoms with van der Waals surface area (Å²) in [6.45, 7) is 9.54. The van der Waals surface area contributed by atoms with Crippen LogP contribution in [-0.2, 0) is 6.54 Å². The van der Waals surface area contributed by atoms with Gasteiger partial charge in [0, 0.05) is 13.1 Å². The molecule has 1 unspecified atom stereocenters. The number of rotatable bonds is 9. The fourth-order valence-corrected chi connectivity index (χ4v) is 2.30. The van der Waals surface area contributed by atoms with Gasteiger partial charge < -0.3 is 19.9 Å². The molecule has 0 heterocycles. The van der Waals surface area contributed by atoms with Gasteiger partial charge in [-0.25, -0.2) is 0 Å². The predicted molar refractivity (Wildman–Crippen MR) is 91.6 cm³/mol. The molecular weight excluding hydrogens is 358 g/mol. The predicted octanol–water partition coefficient (Wildman–Crippen LogP) is 3.30. The highest BCUT2D eigenvalue weighted by molar-refractivity contribution is 9.10. The van der Waals surface area contributed by atoms with E-state index in [0.29, 0.717) is 37.8 Å². The third-order valence-corrected chi connectivity index (χ3v) is 3.07. The van der Waals surface area contributed by atoms with Crippen LogP contribution in [0.5, 0.6) is 11.5 Å². The average molecular weight is 381 g/mol. The average Bonchev–Trinajstić information content (AvgIpc) is 2.38. The Morgan fingerprint density at radius 2 is 2.14 bits per heavy atom. The van der Waals surface area contributed by atoms with E-state index in [1.165, 1.54) is 0 Å². The number of hydrogen-bond acceptors (Lipinski definition) is 4. The van der Waals surface area contributed by atoms with Crippen LogP contribution in [0.3, 0.4) is 0 Å². The SMILES string of the molecule is C=CCOc1c(Br)cc(CNCC(C)O)cc1OCC.Cl. The minimum atomic E-state index is -0.361. The minimum absolute atomic E-state index is 0. The minimum Gasteiger partial charge on any atom is -0.490 e. The third kappa shape index (κ3) is 7.18. The van der Waals surface area contributed by atoms with Crippen molar-refractivity contribution in [3.8, 4) is 11.5 Å². The van der Waals surface area contributed by atoms with E-state index in [-0.39, 0.29) is 18.5 Å². The molecule has 1 atom stereocenters. The van der Waals surface area contributed by atoms with Gasteiger partial charge in [-0.1, -0.05) is 12.7 Å². The van der Waals surface area contributed by atoms with E-state index in [9.17, 15) is 5.11 Å². The maximum absolute atomic E-state index is 9.24. The molecule has 120 valence electrons. The molecule has 6 heteroatoms. The Hall–Kier alpha value is -0.750. The molecule has 0 saturated carbocycles. The maximum atomic E-state index is 9.24. The van der Waals surface area contributed by atoms with E-state index in [0.717, 1.165) is 10.0 Å². The summed E-state index contributed by atoms with van der Waals surface area (Å²) in [4.78, 5) is 0. The first-order valence-corrected chi connectivity index (χ1v) is 7.45. The summed E-state index contributed by atoms with van der Waals surface area (Å²) in [5.41, 5.74) is 1.06. The smallest absolute Gasteiger partial charge is 0.175 e. The molecule has 1 aromatic carbocycles. The molecule has 0 fully saturated rings. The zero-order chi connectivity index (χ0) is 15.0. The van der Waals surface area contributed by atoms with Crippen LogP contribution in [0.1, 0.15) is 19.4 Å². The molecule has 0 aromatic heterocycles. The summed E-state index contributed by atoms with van der Waals surface area (Å²) in [6.07, 6.45) is 1.33. The number of nitrogens with one attached hydrogen (secondary N) is 1. The summed E-state index contributed by atoms with van der Waals surface area (Å²) < 4.78 is 12.1. The normalized spacial score (nSPS) is 11.4. The van der Waals surface area contributed by atoms with Gasteiger partial charge in [0.2, 0.25) is 0 Å². The lowest BCUT2D eigenvalue weighted by atomic mass is 10.2. The maximum Gasteiger partial charge on any atom is 0.175 e. The number of hydrogen-bond donors (Lipinski definition) is 2. The molecular formula is C15H23BrClNO3. The monoisotopic (exact) mass is 379 g/mol. The van der Waals surface area contributed by atoms with Crippen molar-refractivity contribution in [2.45, 2.75) is 26.5 Å². The fraction of sp³-hybridized carbons (Fsp3) is 0.467. The molecule has 0 amide bonds. The first-order valence-electron chi connectivity index (χ1n) is 6.66. The van der Waals surface area contributed by atoms with E-state index >= 15 is 0 Å². The Kier molecular flexibility index (Phi) is 10.5. The van der Waals surface area contributed by atoms with Gasteiger partial charge in [0.15, 0.2) is 11.5 Å². The van der Waals surface area contributed by atoms with Gasteiger partial charge in [-0.2, -0.15) is 0 Å². The van der Waals surface area contributed by atoms with E-state index in [1.807, 2.05) is 19.1 Å². The molecule has 2 N–H and O–H groups in total. The van der Waals surface area contributed by atoms with Crippen molar-refractivity contribution >= 4 is 28.3 Å².